The zero-order chi connectivity index (χ0) is 30.2. The second kappa shape index (κ2) is 13.5. The summed E-state index contributed by atoms with van der Waals surface area (Å²) < 4.78 is 37.8. The molecule has 3 aromatic carbocycles. The predicted octanol–water partition coefficient (Wildman–Crippen LogP) is 4.02. The van der Waals surface area contributed by atoms with E-state index in [1.807, 2.05) is 81.4 Å². The van der Waals surface area contributed by atoms with Gasteiger partial charge >= 0.3 is 0 Å². The van der Waals surface area contributed by atoms with Crippen LogP contribution in [0.2, 0.25) is 0 Å². The molecule has 0 aliphatic rings. The van der Waals surface area contributed by atoms with Crippen molar-refractivity contribution in [2.75, 3.05) is 31.3 Å². The Balaban J connectivity index is 2.09. The number of amides is 2. The summed E-state index contributed by atoms with van der Waals surface area (Å²) >= 11 is 0. The summed E-state index contributed by atoms with van der Waals surface area (Å²) in [5.41, 5.74) is 1.30. The van der Waals surface area contributed by atoms with E-state index in [0.717, 1.165) is 21.7 Å². The first-order valence-corrected chi connectivity index (χ1v) is 15.1. The van der Waals surface area contributed by atoms with Crippen molar-refractivity contribution in [3.63, 3.8) is 0 Å². The number of sulfonamides is 1. The number of anilines is 1. The van der Waals surface area contributed by atoms with E-state index >= 15 is 0 Å². The predicted molar refractivity (Wildman–Crippen MR) is 161 cm³/mol. The summed E-state index contributed by atoms with van der Waals surface area (Å²) in [6.45, 7) is 5.17. The molecule has 1 atom stereocenters. The molecule has 0 heterocycles. The lowest BCUT2D eigenvalue weighted by atomic mass is 10.0. The third-order valence-electron chi connectivity index (χ3n) is 6.30. The van der Waals surface area contributed by atoms with Gasteiger partial charge in [0.1, 0.15) is 24.1 Å². The Hall–Kier alpha value is -4.05. The van der Waals surface area contributed by atoms with Crippen molar-refractivity contribution < 1.29 is 27.5 Å². The first kappa shape index (κ1) is 31.5. The monoisotopic (exact) mass is 581 g/mol. The Morgan fingerprint density at radius 1 is 0.878 bits per heavy atom. The average Bonchev–Trinajstić information content (AvgIpc) is 2.92. The van der Waals surface area contributed by atoms with Gasteiger partial charge in [0.15, 0.2) is 0 Å². The average molecular weight is 582 g/mol. The number of hydrogen-bond donors (Lipinski definition) is 1. The minimum absolute atomic E-state index is 0.103. The number of nitrogens with zero attached hydrogens (tertiary/aromatic N) is 2. The number of carbonyl (C=O) groups is 2. The second-order valence-electron chi connectivity index (χ2n) is 10.8. The van der Waals surface area contributed by atoms with Crippen LogP contribution in [0.1, 0.15) is 31.9 Å². The lowest BCUT2D eigenvalue weighted by Gasteiger charge is -2.35. The van der Waals surface area contributed by atoms with Gasteiger partial charge in [-0.15, -0.1) is 0 Å². The highest BCUT2D eigenvalue weighted by Crippen LogP contribution is 2.33. The highest BCUT2D eigenvalue weighted by molar-refractivity contribution is 7.92. The van der Waals surface area contributed by atoms with Crippen LogP contribution in [0, 0.1) is 0 Å². The second-order valence-corrected chi connectivity index (χ2v) is 12.7. The molecule has 41 heavy (non-hydrogen) atoms. The molecule has 0 aromatic heterocycles. The minimum Gasteiger partial charge on any atom is -0.497 e. The summed E-state index contributed by atoms with van der Waals surface area (Å²) in [5.74, 6) is -0.179. The number of carbonyl (C=O) groups excluding carboxylic acids is 2. The van der Waals surface area contributed by atoms with Crippen LogP contribution in [0.4, 0.5) is 5.69 Å². The number of rotatable bonds is 12. The molecule has 0 aliphatic carbocycles. The van der Waals surface area contributed by atoms with Crippen molar-refractivity contribution in [2.24, 2.45) is 0 Å². The Kier molecular flexibility index (Phi) is 10.4. The summed E-state index contributed by atoms with van der Waals surface area (Å²) in [4.78, 5) is 29.4. The highest BCUT2D eigenvalue weighted by Gasteiger charge is 2.35. The Morgan fingerprint density at radius 3 is 1.98 bits per heavy atom. The van der Waals surface area contributed by atoms with Crippen LogP contribution < -0.4 is 19.1 Å². The smallest absolute Gasteiger partial charge is 0.244 e. The van der Waals surface area contributed by atoms with Gasteiger partial charge < -0.3 is 19.7 Å². The number of benzene rings is 3. The number of ether oxygens (including phenoxy) is 2. The van der Waals surface area contributed by atoms with Gasteiger partial charge in [0.2, 0.25) is 21.8 Å². The van der Waals surface area contributed by atoms with Gasteiger partial charge in [0.05, 0.1) is 26.2 Å². The first-order valence-electron chi connectivity index (χ1n) is 13.2. The summed E-state index contributed by atoms with van der Waals surface area (Å²) in [7, 11) is -1.04. The lowest BCUT2D eigenvalue weighted by Crippen LogP contribution is -2.56. The standard InChI is InChI=1S/C31H39N3O6S/c1-31(2,3)32-30(36)27(19-23-13-9-7-10-14-23)33(21-24-15-11-8-12-16-24)29(35)22-34(41(6,37)38)26-18-17-25(39-4)20-28(26)40-5/h7-18,20,27H,19,21-22H2,1-6H3,(H,32,36)/t27-/m1/s1. The minimum atomic E-state index is -3.94. The normalized spacial score (nSPS) is 12.2. The van der Waals surface area contributed by atoms with E-state index in [1.54, 1.807) is 12.1 Å². The molecule has 1 N–H and O–H groups in total. The Labute approximate surface area is 243 Å². The van der Waals surface area contributed by atoms with Crippen LogP contribution in [0.5, 0.6) is 11.5 Å². The molecule has 9 nitrogen and oxygen atoms in total. The van der Waals surface area contributed by atoms with Gasteiger partial charge in [-0.2, -0.15) is 0 Å². The topological polar surface area (TPSA) is 105 Å². The molecule has 0 aliphatic heterocycles. The summed E-state index contributed by atoms with van der Waals surface area (Å²) in [5, 5.41) is 3.01. The van der Waals surface area contributed by atoms with E-state index in [9.17, 15) is 18.0 Å². The van der Waals surface area contributed by atoms with Crippen molar-refractivity contribution in [3.8, 4) is 11.5 Å². The molecule has 3 aromatic rings. The molecule has 220 valence electrons. The van der Waals surface area contributed by atoms with Crippen molar-refractivity contribution >= 4 is 27.5 Å². The molecule has 0 saturated heterocycles. The van der Waals surface area contributed by atoms with E-state index in [0.29, 0.717) is 5.75 Å². The molecular formula is C31H39N3O6S. The number of nitrogens with one attached hydrogen (secondary N) is 1. The van der Waals surface area contributed by atoms with Gasteiger partial charge in [0, 0.05) is 24.6 Å². The number of hydrogen-bond acceptors (Lipinski definition) is 6. The molecule has 0 unspecified atom stereocenters. The van der Waals surface area contributed by atoms with Crippen LogP contribution in [-0.4, -0.2) is 63.7 Å². The maximum absolute atomic E-state index is 14.2. The molecule has 0 fully saturated rings. The van der Waals surface area contributed by atoms with Crippen LogP contribution in [0.3, 0.4) is 0 Å². The van der Waals surface area contributed by atoms with Crippen LogP contribution in [-0.2, 0) is 32.6 Å². The molecule has 0 spiro atoms. The van der Waals surface area contributed by atoms with Gasteiger partial charge in [-0.25, -0.2) is 8.42 Å². The zero-order valence-electron chi connectivity index (χ0n) is 24.5. The van der Waals surface area contributed by atoms with E-state index in [4.69, 9.17) is 9.47 Å². The third kappa shape index (κ3) is 8.97. The molecule has 0 radical (unpaired) electrons. The fraction of sp³-hybridized carbons (Fsp3) is 0.355. The molecular weight excluding hydrogens is 542 g/mol. The van der Waals surface area contributed by atoms with E-state index in [2.05, 4.69) is 5.32 Å². The van der Waals surface area contributed by atoms with Crippen molar-refractivity contribution in [2.45, 2.75) is 45.3 Å². The Bertz CT molecular complexity index is 1420. The maximum atomic E-state index is 14.2. The van der Waals surface area contributed by atoms with Gasteiger partial charge in [-0.05, 0) is 44.0 Å². The zero-order valence-corrected chi connectivity index (χ0v) is 25.3. The molecule has 3 rings (SSSR count). The van der Waals surface area contributed by atoms with Crippen LogP contribution >= 0.6 is 0 Å². The van der Waals surface area contributed by atoms with Crippen molar-refractivity contribution in [1.82, 2.24) is 10.2 Å². The third-order valence-corrected chi connectivity index (χ3v) is 7.43. The molecule has 2 amide bonds. The van der Waals surface area contributed by atoms with Crippen molar-refractivity contribution in [3.05, 3.63) is 90.0 Å². The highest BCUT2D eigenvalue weighted by atomic mass is 32.2. The summed E-state index contributed by atoms with van der Waals surface area (Å²) in [6, 6.07) is 22.5. The molecule has 0 saturated carbocycles. The Morgan fingerprint density at radius 2 is 1.46 bits per heavy atom. The number of methoxy groups -OCH3 is 2. The summed E-state index contributed by atoms with van der Waals surface area (Å²) in [6.07, 6.45) is 1.27. The quantitative estimate of drug-likeness (QED) is 0.346. The largest absolute Gasteiger partial charge is 0.497 e. The fourth-order valence-corrected chi connectivity index (χ4v) is 5.23. The lowest BCUT2D eigenvalue weighted by molar-refractivity contribution is -0.140. The molecule has 10 heteroatoms. The SMILES string of the molecule is COc1ccc(N(CC(=O)N(Cc2ccccc2)[C@H](Cc2ccccc2)C(=O)NC(C)(C)C)S(C)(=O)=O)c(OC)c1. The van der Waals surface area contributed by atoms with Gasteiger partial charge in [-0.1, -0.05) is 60.7 Å². The molecule has 0 bridgehead atoms. The van der Waals surface area contributed by atoms with E-state index in [-0.39, 0.29) is 30.3 Å². The van der Waals surface area contributed by atoms with Gasteiger partial charge in [-0.3, -0.25) is 13.9 Å². The van der Waals surface area contributed by atoms with Crippen molar-refractivity contribution in [1.29, 1.82) is 0 Å². The van der Waals surface area contributed by atoms with E-state index < -0.39 is 34.1 Å². The fourth-order valence-electron chi connectivity index (χ4n) is 4.37. The first-order chi connectivity index (χ1) is 19.3. The van der Waals surface area contributed by atoms with Crippen LogP contribution in [0.25, 0.3) is 0 Å². The van der Waals surface area contributed by atoms with E-state index in [1.165, 1.54) is 25.2 Å². The van der Waals surface area contributed by atoms with Gasteiger partial charge in [0.25, 0.3) is 0 Å². The van der Waals surface area contributed by atoms with Crippen LogP contribution in [0.15, 0.2) is 78.9 Å². The maximum Gasteiger partial charge on any atom is 0.244 e.